The summed E-state index contributed by atoms with van der Waals surface area (Å²) in [5.41, 5.74) is 3.95. The predicted octanol–water partition coefficient (Wildman–Crippen LogP) is 2.46. The molecule has 1 atom stereocenters. The molecule has 0 bridgehead atoms. The lowest BCUT2D eigenvalue weighted by molar-refractivity contribution is -0.135. The second-order valence-electron chi connectivity index (χ2n) is 6.97. The Morgan fingerprint density at radius 3 is 2.88 bits per heavy atom. The Hall–Kier alpha value is -2.70. The van der Waals surface area contributed by atoms with Crippen LogP contribution in [0.2, 0.25) is 0 Å². The summed E-state index contributed by atoms with van der Waals surface area (Å²) in [7, 11) is 1.91. The van der Waals surface area contributed by atoms with Crippen LogP contribution >= 0.6 is 0 Å². The highest BCUT2D eigenvalue weighted by molar-refractivity contribution is 5.77. The number of piperidine rings is 1. The van der Waals surface area contributed by atoms with Crippen molar-refractivity contribution in [3.8, 4) is 0 Å². The third-order valence-corrected chi connectivity index (χ3v) is 5.24. The second-order valence-corrected chi connectivity index (χ2v) is 6.97. The highest BCUT2D eigenvalue weighted by Gasteiger charge is 2.29. The minimum atomic E-state index is 0.0568. The van der Waals surface area contributed by atoms with E-state index in [0.29, 0.717) is 12.8 Å². The number of rotatable bonds is 4. The van der Waals surface area contributed by atoms with E-state index in [4.69, 9.17) is 4.98 Å². The van der Waals surface area contributed by atoms with Gasteiger partial charge in [-0.25, -0.2) is 9.50 Å². The minimum absolute atomic E-state index is 0.0568. The van der Waals surface area contributed by atoms with E-state index in [9.17, 15) is 4.79 Å². The molecule has 3 aromatic rings. The van der Waals surface area contributed by atoms with Crippen LogP contribution in [0, 0.1) is 6.92 Å². The first-order valence-electron chi connectivity index (χ1n) is 9.21. The fourth-order valence-corrected chi connectivity index (χ4v) is 3.83. The van der Waals surface area contributed by atoms with Gasteiger partial charge in [0.05, 0.1) is 17.9 Å². The number of amides is 1. The molecule has 1 fully saturated rings. The molecule has 0 spiro atoms. The minimum Gasteiger partial charge on any atom is -0.334 e. The zero-order chi connectivity index (χ0) is 18.1. The van der Waals surface area contributed by atoms with Gasteiger partial charge in [-0.15, -0.1) is 0 Å². The van der Waals surface area contributed by atoms with E-state index < -0.39 is 0 Å². The van der Waals surface area contributed by atoms with Crippen molar-refractivity contribution in [3.05, 3.63) is 47.7 Å². The van der Waals surface area contributed by atoms with E-state index in [-0.39, 0.29) is 11.9 Å². The average Bonchev–Trinajstić information content (AvgIpc) is 3.28. The van der Waals surface area contributed by atoms with Crippen LogP contribution in [-0.2, 0) is 18.3 Å². The Morgan fingerprint density at radius 2 is 2.08 bits per heavy atom. The van der Waals surface area contributed by atoms with E-state index in [1.165, 1.54) is 0 Å². The first-order valence-corrected chi connectivity index (χ1v) is 9.21. The number of hydrogen-bond acceptors (Lipinski definition) is 4. The Bertz CT molecular complexity index is 927. The summed E-state index contributed by atoms with van der Waals surface area (Å²) >= 11 is 0. The van der Waals surface area contributed by atoms with Crippen LogP contribution in [0.25, 0.3) is 5.65 Å². The maximum absolute atomic E-state index is 12.9. The number of aromatic nitrogens is 5. The zero-order valence-corrected chi connectivity index (χ0v) is 15.3. The molecule has 0 aromatic carbocycles. The monoisotopic (exact) mass is 352 g/mol. The molecule has 1 aliphatic rings. The summed E-state index contributed by atoms with van der Waals surface area (Å²) < 4.78 is 3.67. The number of carbonyl (C=O) groups is 1. The lowest BCUT2D eigenvalue weighted by Crippen LogP contribution is -2.39. The molecule has 0 unspecified atom stereocenters. The summed E-state index contributed by atoms with van der Waals surface area (Å²) in [6, 6.07) is 6.01. The average molecular weight is 352 g/mol. The maximum atomic E-state index is 12.9. The van der Waals surface area contributed by atoms with Crippen molar-refractivity contribution >= 4 is 11.6 Å². The van der Waals surface area contributed by atoms with Crippen LogP contribution in [0.3, 0.4) is 0 Å². The Morgan fingerprint density at radius 1 is 1.23 bits per heavy atom. The van der Waals surface area contributed by atoms with Crippen LogP contribution in [0.4, 0.5) is 0 Å². The molecule has 7 nitrogen and oxygen atoms in total. The number of hydrogen-bond donors (Lipinski definition) is 0. The van der Waals surface area contributed by atoms with Gasteiger partial charge < -0.3 is 4.90 Å². The molecule has 4 rings (SSSR count). The Labute approximate surface area is 152 Å². The second kappa shape index (κ2) is 6.90. The third-order valence-electron chi connectivity index (χ3n) is 5.24. The van der Waals surface area contributed by atoms with E-state index in [2.05, 4.69) is 16.3 Å². The molecule has 26 heavy (non-hydrogen) atoms. The van der Waals surface area contributed by atoms with Crippen molar-refractivity contribution < 1.29 is 4.79 Å². The van der Waals surface area contributed by atoms with Gasteiger partial charge in [-0.3, -0.25) is 9.48 Å². The van der Waals surface area contributed by atoms with Crippen LogP contribution in [0.1, 0.15) is 48.8 Å². The number of carbonyl (C=O) groups excluding carboxylic acids is 1. The van der Waals surface area contributed by atoms with Crippen LogP contribution in [0.5, 0.6) is 0 Å². The first-order chi connectivity index (χ1) is 12.6. The third kappa shape index (κ3) is 3.09. The zero-order valence-electron chi connectivity index (χ0n) is 15.3. The van der Waals surface area contributed by atoms with Gasteiger partial charge in [-0.2, -0.15) is 10.2 Å². The first kappa shape index (κ1) is 16.8. The fourth-order valence-electron chi connectivity index (χ4n) is 3.83. The van der Waals surface area contributed by atoms with Gasteiger partial charge in [0.2, 0.25) is 5.91 Å². The van der Waals surface area contributed by atoms with Crippen molar-refractivity contribution in [3.63, 3.8) is 0 Å². The Kier molecular flexibility index (Phi) is 4.44. The highest BCUT2D eigenvalue weighted by Crippen LogP contribution is 2.31. The van der Waals surface area contributed by atoms with Crippen LogP contribution in [-0.4, -0.2) is 41.7 Å². The number of aryl methyl sites for hydroxylation is 3. The summed E-state index contributed by atoms with van der Waals surface area (Å²) in [5.74, 6) is 0.198. The van der Waals surface area contributed by atoms with Crippen molar-refractivity contribution in [2.45, 2.75) is 45.1 Å². The molecule has 136 valence electrons. The molecular weight excluding hydrogens is 328 g/mol. The topological polar surface area (TPSA) is 68.3 Å². The van der Waals surface area contributed by atoms with Crippen molar-refractivity contribution in [2.24, 2.45) is 7.05 Å². The summed E-state index contributed by atoms with van der Waals surface area (Å²) in [6.45, 7) is 2.84. The fraction of sp³-hybridized carbons (Fsp3) is 0.474. The molecule has 0 N–H and O–H groups in total. The SMILES string of the molecule is Cc1cc([C@@H]2CCCCN2C(=O)CCc2ccnn2C)nc2ccnn12. The molecule has 0 saturated carbocycles. The molecule has 3 aromatic heterocycles. The molecule has 1 saturated heterocycles. The molecular formula is C19H24N6O. The lowest BCUT2D eigenvalue weighted by atomic mass is 9.98. The molecule has 1 amide bonds. The summed E-state index contributed by atoms with van der Waals surface area (Å²) in [5, 5.41) is 8.47. The maximum Gasteiger partial charge on any atom is 0.223 e. The van der Waals surface area contributed by atoms with Crippen molar-refractivity contribution in [2.75, 3.05) is 6.54 Å². The van der Waals surface area contributed by atoms with Gasteiger partial charge in [0.1, 0.15) is 0 Å². The summed E-state index contributed by atoms with van der Waals surface area (Å²) in [6.07, 6.45) is 7.90. The standard InChI is InChI=1S/C19H24N6O/c1-14-13-16(22-18-9-11-21-25(14)18)17-5-3-4-12-24(17)19(26)7-6-15-8-10-20-23(15)2/h8-11,13,17H,3-7,12H2,1-2H3/t17-/m0/s1. The van der Waals surface area contributed by atoms with E-state index in [0.717, 1.165) is 48.5 Å². The predicted molar refractivity (Wildman–Crippen MR) is 97.6 cm³/mol. The highest BCUT2D eigenvalue weighted by atomic mass is 16.2. The molecule has 0 radical (unpaired) electrons. The van der Waals surface area contributed by atoms with Gasteiger partial charge >= 0.3 is 0 Å². The van der Waals surface area contributed by atoms with Gasteiger partial charge in [0.25, 0.3) is 0 Å². The van der Waals surface area contributed by atoms with Crippen molar-refractivity contribution in [1.29, 1.82) is 0 Å². The molecule has 1 aliphatic heterocycles. The number of nitrogens with zero attached hydrogens (tertiary/aromatic N) is 6. The van der Waals surface area contributed by atoms with Gasteiger partial charge in [-0.1, -0.05) is 0 Å². The van der Waals surface area contributed by atoms with Gasteiger partial charge in [0.15, 0.2) is 5.65 Å². The van der Waals surface area contributed by atoms with Crippen LogP contribution < -0.4 is 0 Å². The van der Waals surface area contributed by atoms with Gasteiger partial charge in [-0.05, 0) is 44.7 Å². The van der Waals surface area contributed by atoms with Crippen molar-refractivity contribution in [1.82, 2.24) is 29.3 Å². The molecule has 0 aliphatic carbocycles. The number of likely N-dealkylation sites (tertiary alicyclic amines) is 1. The van der Waals surface area contributed by atoms with E-state index in [1.807, 2.05) is 40.2 Å². The molecule has 4 heterocycles. The quantitative estimate of drug-likeness (QED) is 0.723. The smallest absolute Gasteiger partial charge is 0.223 e. The Balaban J connectivity index is 1.55. The van der Waals surface area contributed by atoms with E-state index >= 15 is 0 Å². The normalized spacial score (nSPS) is 17.8. The lowest BCUT2D eigenvalue weighted by Gasteiger charge is -2.35. The summed E-state index contributed by atoms with van der Waals surface area (Å²) in [4.78, 5) is 19.7. The van der Waals surface area contributed by atoms with Gasteiger partial charge in [0, 0.05) is 43.7 Å². The molecule has 7 heteroatoms. The van der Waals surface area contributed by atoms with E-state index in [1.54, 1.807) is 12.4 Å². The van der Waals surface area contributed by atoms with Crippen LogP contribution in [0.15, 0.2) is 30.6 Å². The number of fused-ring (bicyclic) bond motifs is 1. The largest absolute Gasteiger partial charge is 0.334 e.